The normalized spacial score (nSPS) is 11.1. The first-order chi connectivity index (χ1) is 8.61. The molecule has 0 amide bonds. The molecule has 0 radical (unpaired) electrons. The Bertz CT molecular complexity index is 719. The Balaban J connectivity index is 2.19. The molecule has 3 rings (SSSR count). The van der Waals surface area contributed by atoms with Gasteiger partial charge in [-0.25, -0.2) is 14.4 Å². The lowest BCUT2D eigenvalue weighted by atomic mass is 10.2. The van der Waals surface area contributed by atoms with E-state index in [1.807, 2.05) is 6.92 Å². The van der Waals surface area contributed by atoms with Gasteiger partial charge < -0.3 is 4.42 Å². The molecule has 1 aromatic carbocycles. The van der Waals surface area contributed by atoms with E-state index in [9.17, 15) is 4.39 Å². The zero-order valence-corrected chi connectivity index (χ0v) is 10.2. The molecular formula is C13H8ClFN2O. The Morgan fingerprint density at radius 3 is 2.78 bits per heavy atom. The highest BCUT2D eigenvalue weighted by Gasteiger charge is 2.10. The number of aryl methyl sites for hydroxylation is 1. The van der Waals surface area contributed by atoms with Gasteiger partial charge in [0.2, 0.25) is 5.28 Å². The average molecular weight is 263 g/mol. The lowest BCUT2D eigenvalue weighted by Crippen LogP contribution is -1.89. The highest BCUT2D eigenvalue weighted by molar-refractivity contribution is 6.28. The highest BCUT2D eigenvalue weighted by atomic mass is 35.5. The second-order valence-corrected chi connectivity index (χ2v) is 4.29. The van der Waals surface area contributed by atoms with Gasteiger partial charge in [-0.2, -0.15) is 0 Å². The van der Waals surface area contributed by atoms with Gasteiger partial charge in [0.15, 0.2) is 5.76 Å². The molecule has 0 saturated carbocycles. The van der Waals surface area contributed by atoms with Gasteiger partial charge in [-0.05, 0) is 48.9 Å². The van der Waals surface area contributed by atoms with Crippen molar-refractivity contribution in [3.63, 3.8) is 0 Å². The van der Waals surface area contributed by atoms with E-state index in [1.165, 1.54) is 12.1 Å². The molecule has 0 aliphatic carbocycles. The lowest BCUT2D eigenvalue weighted by molar-refractivity contribution is 0.617. The number of fused-ring (bicyclic) bond motifs is 1. The molecule has 5 heteroatoms. The second-order valence-electron chi connectivity index (χ2n) is 3.96. The van der Waals surface area contributed by atoms with Gasteiger partial charge in [-0.15, -0.1) is 0 Å². The number of rotatable bonds is 1. The molecule has 2 aromatic heterocycles. The average Bonchev–Trinajstić information content (AvgIpc) is 2.70. The molecule has 90 valence electrons. The quantitative estimate of drug-likeness (QED) is 0.623. The van der Waals surface area contributed by atoms with E-state index in [0.717, 1.165) is 5.69 Å². The van der Waals surface area contributed by atoms with Gasteiger partial charge in [-0.3, -0.25) is 0 Å². The fourth-order valence-electron chi connectivity index (χ4n) is 1.80. The van der Waals surface area contributed by atoms with Crippen molar-refractivity contribution in [2.75, 3.05) is 0 Å². The van der Waals surface area contributed by atoms with Gasteiger partial charge in [0.05, 0.1) is 0 Å². The number of nitrogens with zero attached hydrogens (tertiary/aromatic N) is 2. The summed E-state index contributed by atoms with van der Waals surface area (Å²) >= 11 is 5.80. The van der Waals surface area contributed by atoms with Crippen LogP contribution in [0.2, 0.25) is 5.28 Å². The van der Waals surface area contributed by atoms with Crippen molar-refractivity contribution in [2.24, 2.45) is 0 Å². The van der Waals surface area contributed by atoms with E-state index < -0.39 is 0 Å². The summed E-state index contributed by atoms with van der Waals surface area (Å²) in [7, 11) is 0. The maximum atomic E-state index is 13.1. The lowest BCUT2D eigenvalue weighted by Gasteiger charge is -1.98. The molecule has 3 nitrogen and oxygen atoms in total. The predicted octanol–water partition coefficient (Wildman–Crippen LogP) is 3.99. The third-order valence-corrected chi connectivity index (χ3v) is 2.73. The third kappa shape index (κ3) is 1.95. The zero-order valence-electron chi connectivity index (χ0n) is 9.45. The van der Waals surface area contributed by atoms with Crippen LogP contribution < -0.4 is 0 Å². The maximum absolute atomic E-state index is 13.1. The Labute approximate surface area is 107 Å². The second kappa shape index (κ2) is 4.07. The number of hydrogen-bond donors (Lipinski definition) is 0. The van der Waals surface area contributed by atoms with Crippen molar-refractivity contribution in [1.29, 1.82) is 0 Å². The van der Waals surface area contributed by atoms with Crippen LogP contribution in [-0.2, 0) is 0 Å². The van der Waals surface area contributed by atoms with Crippen LogP contribution in [0.15, 0.2) is 34.7 Å². The van der Waals surface area contributed by atoms with Crippen LogP contribution in [0.5, 0.6) is 0 Å². The predicted molar refractivity (Wildman–Crippen MR) is 66.9 cm³/mol. The summed E-state index contributed by atoms with van der Waals surface area (Å²) in [4.78, 5) is 8.07. The number of hydrogen-bond acceptors (Lipinski definition) is 3. The molecule has 0 aliphatic heterocycles. The van der Waals surface area contributed by atoms with E-state index in [1.54, 1.807) is 18.2 Å². The summed E-state index contributed by atoms with van der Waals surface area (Å²) in [6.07, 6.45) is 0. The van der Waals surface area contributed by atoms with E-state index in [4.69, 9.17) is 16.0 Å². The molecular weight excluding hydrogens is 255 g/mol. The van der Waals surface area contributed by atoms with Gasteiger partial charge in [0.25, 0.3) is 0 Å². The van der Waals surface area contributed by atoms with Gasteiger partial charge in [0.1, 0.15) is 17.1 Å². The van der Waals surface area contributed by atoms with E-state index in [2.05, 4.69) is 9.97 Å². The summed E-state index contributed by atoms with van der Waals surface area (Å²) in [5, 5.41) is 0.856. The van der Waals surface area contributed by atoms with Crippen molar-refractivity contribution in [3.8, 4) is 11.5 Å². The number of halogens is 2. The Morgan fingerprint density at radius 1 is 1.17 bits per heavy atom. The molecule has 0 fully saturated rings. The Kier molecular flexibility index (Phi) is 2.52. The zero-order chi connectivity index (χ0) is 12.7. The summed E-state index contributed by atoms with van der Waals surface area (Å²) in [6, 6.07) is 7.85. The molecule has 3 aromatic rings. The molecule has 0 saturated heterocycles. The molecule has 0 spiro atoms. The minimum Gasteiger partial charge on any atom is -0.454 e. The first-order valence-corrected chi connectivity index (χ1v) is 5.70. The van der Waals surface area contributed by atoms with Crippen LogP contribution in [0, 0.1) is 12.7 Å². The molecule has 0 bridgehead atoms. The molecule has 0 aliphatic rings. The largest absolute Gasteiger partial charge is 0.454 e. The smallest absolute Gasteiger partial charge is 0.223 e. The van der Waals surface area contributed by atoms with Crippen LogP contribution in [0.1, 0.15) is 5.69 Å². The van der Waals surface area contributed by atoms with Crippen LogP contribution >= 0.6 is 11.6 Å². The number of benzene rings is 1. The van der Waals surface area contributed by atoms with Gasteiger partial charge in [0, 0.05) is 11.1 Å². The van der Waals surface area contributed by atoms with Crippen molar-refractivity contribution in [2.45, 2.75) is 6.92 Å². The summed E-state index contributed by atoms with van der Waals surface area (Å²) in [5.74, 6) is 0.245. The molecule has 18 heavy (non-hydrogen) atoms. The fourth-order valence-corrected chi connectivity index (χ4v) is 2.02. The number of aromatic nitrogens is 2. The SMILES string of the molecule is Cc1cc(-c2cc3cc(F)ccc3o2)nc(Cl)n1. The molecule has 2 heterocycles. The highest BCUT2D eigenvalue weighted by Crippen LogP contribution is 2.27. The van der Waals surface area contributed by atoms with E-state index in [0.29, 0.717) is 22.4 Å². The van der Waals surface area contributed by atoms with Gasteiger partial charge >= 0.3 is 0 Å². The van der Waals surface area contributed by atoms with Crippen molar-refractivity contribution < 1.29 is 8.81 Å². The van der Waals surface area contributed by atoms with Crippen LogP contribution in [0.4, 0.5) is 4.39 Å². The van der Waals surface area contributed by atoms with Crippen molar-refractivity contribution in [3.05, 3.63) is 47.1 Å². The van der Waals surface area contributed by atoms with Crippen LogP contribution in [-0.4, -0.2) is 9.97 Å². The minimum absolute atomic E-state index is 0.164. The Hall–Kier alpha value is -1.94. The maximum Gasteiger partial charge on any atom is 0.223 e. The van der Waals surface area contributed by atoms with Crippen molar-refractivity contribution >= 4 is 22.6 Å². The standard InChI is InChI=1S/C13H8ClFN2O/c1-7-4-10(17-13(14)16-7)12-6-8-5-9(15)2-3-11(8)18-12/h2-6H,1H3. The van der Waals surface area contributed by atoms with Crippen LogP contribution in [0.25, 0.3) is 22.4 Å². The summed E-state index contributed by atoms with van der Waals surface area (Å²) < 4.78 is 18.7. The van der Waals surface area contributed by atoms with E-state index in [-0.39, 0.29) is 11.1 Å². The minimum atomic E-state index is -0.299. The van der Waals surface area contributed by atoms with Gasteiger partial charge in [-0.1, -0.05) is 0 Å². The molecule has 0 N–H and O–H groups in total. The molecule has 0 atom stereocenters. The van der Waals surface area contributed by atoms with E-state index >= 15 is 0 Å². The number of furan rings is 1. The third-order valence-electron chi connectivity index (χ3n) is 2.56. The van der Waals surface area contributed by atoms with Crippen LogP contribution in [0.3, 0.4) is 0 Å². The first-order valence-electron chi connectivity index (χ1n) is 5.32. The fraction of sp³-hybridized carbons (Fsp3) is 0.0769. The Morgan fingerprint density at radius 2 is 2.00 bits per heavy atom. The first kappa shape index (κ1) is 11.2. The molecule has 0 unspecified atom stereocenters. The summed E-state index contributed by atoms with van der Waals surface area (Å²) in [5.41, 5.74) is 1.94. The monoisotopic (exact) mass is 262 g/mol. The topological polar surface area (TPSA) is 38.9 Å². The van der Waals surface area contributed by atoms with Crippen molar-refractivity contribution in [1.82, 2.24) is 9.97 Å². The summed E-state index contributed by atoms with van der Waals surface area (Å²) in [6.45, 7) is 1.82.